The third kappa shape index (κ3) is 3.00. The molecule has 5 aliphatic rings. The summed E-state index contributed by atoms with van der Waals surface area (Å²) in [6.45, 7) is 11.9. The van der Waals surface area contributed by atoms with Gasteiger partial charge in [0, 0.05) is 0 Å². The number of hydrogen-bond acceptors (Lipinski definition) is 3. The van der Waals surface area contributed by atoms with Gasteiger partial charge in [0.05, 0.1) is 18.3 Å². The van der Waals surface area contributed by atoms with Gasteiger partial charge in [0.15, 0.2) is 0 Å². The van der Waals surface area contributed by atoms with Crippen LogP contribution in [-0.2, 0) is 4.79 Å². The van der Waals surface area contributed by atoms with E-state index in [1.807, 2.05) is 0 Å². The number of aliphatic hydroxyl groups is 2. The zero-order chi connectivity index (χ0) is 24.7. The fraction of sp³-hybridized carbons (Fsp3) is 0.900. The van der Waals surface area contributed by atoms with Gasteiger partial charge in [-0.25, -0.2) is 4.79 Å². The predicted octanol–water partition coefficient (Wildman–Crippen LogP) is 6.21. The zero-order valence-electron chi connectivity index (χ0n) is 22.2. The molecule has 5 saturated carbocycles. The lowest BCUT2D eigenvalue weighted by Crippen LogP contribution is -2.57. The predicted molar refractivity (Wildman–Crippen MR) is 134 cm³/mol. The summed E-state index contributed by atoms with van der Waals surface area (Å²) in [6, 6.07) is 0. The molecule has 0 amide bonds. The summed E-state index contributed by atoms with van der Waals surface area (Å²) in [5, 5.41) is 29.4. The van der Waals surface area contributed by atoms with E-state index in [1.165, 1.54) is 51.4 Å². The molecular formula is C30H48O4. The Morgan fingerprint density at radius 1 is 0.941 bits per heavy atom. The lowest BCUT2D eigenvalue weighted by Gasteiger charge is -2.63. The highest BCUT2D eigenvalue weighted by Crippen LogP contribution is 2.89. The third-order valence-corrected chi connectivity index (χ3v) is 13.3. The fourth-order valence-electron chi connectivity index (χ4n) is 11.2. The Balaban J connectivity index is 1.35. The Bertz CT molecular complexity index is 877. The van der Waals surface area contributed by atoms with E-state index in [0.717, 1.165) is 25.2 Å². The molecule has 5 aliphatic carbocycles. The molecule has 0 heterocycles. The largest absolute Gasteiger partial charge is 0.478 e. The highest BCUT2D eigenvalue weighted by atomic mass is 16.4. The number of allylic oxidation sites excluding steroid dienone is 1. The molecule has 0 bridgehead atoms. The van der Waals surface area contributed by atoms with E-state index in [1.54, 1.807) is 6.08 Å². The maximum Gasteiger partial charge on any atom is 0.333 e. The standard InChI is InChI=1S/C30H48O4/c1-19(7-6-8-20(17-31)25(33)34)21-11-13-28(5)23-10-9-22-26(2,3)24(32)12-14-29(22)18-30(23,29)16-15-27(21,28)4/h8,19,21-24,31-32H,6-7,9-18H2,1-5H3,(H,33,34)/t19-,21?,22+,23+,24+,27-,28+,29-,30?/m1/s1. The van der Waals surface area contributed by atoms with Crippen LogP contribution in [0.15, 0.2) is 11.6 Å². The molecule has 192 valence electrons. The van der Waals surface area contributed by atoms with Crippen molar-refractivity contribution in [1.82, 2.24) is 0 Å². The molecular weight excluding hydrogens is 424 g/mol. The fourth-order valence-corrected chi connectivity index (χ4v) is 11.2. The molecule has 5 fully saturated rings. The number of aliphatic hydroxyl groups excluding tert-OH is 2. The van der Waals surface area contributed by atoms with Crippen LogP contribution in [0.25, 0.3) is 0 Å². The molecule has 0 aromatic carbocycles. The van der Waals surface area contributed by atoms with Crippen molar-refractivity contribution in [1.29, 1.82) is 0 Å². The van der Waals surface area contributed by atoms with Gasteiger partial charge in [0.1, 0.15) is 0 Å². The topological polar surface area (TPSA) is 77.8 Å². The van der Waals surface area contributed by atoms with Crippen molar-refractivity contribution in [2.45, 2.75) is 111 Å². The minimum Gasteiger partial charge on any atom is -0.478 e. The number of carbonyl (C=O) groups is 1. The Labute approximate surface area is 206 Å². The average molecular weight is 473 g/mol. The molecule has 0 aromatic heterocycles. The van der Waals surface area contributed by atoms with Gasteiger partial charge in [-0.2, -0.15) is 0 Å². The second-order valence-electron chi connectivity index (χ2n) is 14.3. The van der Waals surface area contributed by atoms with Crippen molar-refractivity contribution in [2.24, 2.45) is 50.7 Å². The maximum absolute atomic E-state index is 11.2. The van der Waals surface area contributed by atoms with Crippen LogP contribution in [-0.4, -0.2) is 34.0 Å². The number of aliphatic carboxylic acids is 1. The first-order valence-electron chi connectivity index (χ1n) is 14.1. The molecule has 0 aliphatic heterocycles. The smallest absolute Gasteiger partial charge is 0.333 e. The number of hydrogen-bond donors (Lipinski definition) is 3. The molecule has 9 atom stereocenters. The van der Waals surface area contributed by atoms with Gasteiger partial charge < -0.3 is 15.3 Å². The first kappa shape index (κ1) is 24.8. The SMILES string of the molecule is C[C@H](CCC=C(CO)C(=O)O)C1CC[C@@]2(C)[C@@H]3CC[C@H]4C(C)(C)[C@@H](O)CC[C@@]45CC35CC[C@]12C. The molecule has 2 spiro atoms. The van der Waals surface area contributed by atoms with Gasteiger partial charge in [-0.1, -0.05) is 40.7 Å². The first-order chi connectivity index (χ1) is 15.9. The van der Waals surface area contributed by atoms with Gasteiger partial charge in [-0.15, -0.1) is 0 Å². The van der Waals surface area contributed by atoms with Gasteiger partial charge in [0.25, 0.3) is 0 Å². The highest BCUT2D eigenvalue weighted by Gasteiger charge is 2.82. The van der Waals surface area contributed by atoms with E-state index in [4.69, 9.17) is 0 Å². The highest BCUT2D eigenvalue weighted by molar-refractivity contribution is 5.86. The van der Waals surface area contributed by atoms with Crippen molar-refractivity contribution < 1.29 is 20.1 Å². The second kappa shape index (κ2) is 7.81. The minimum atomic E-state index is -1.000. The van der Waals surface area contributed by atoms with E-state index >= 15 is 0 Å². The van der Waals surface area contributed by atoms with Crippen molar-refractivity contribution in [2.75, 3.05) is 6.61 Å². The third-order valence-electron chi connectivity index (χ3n) is 13.3. The molecule has 3 N–H and O–H groups in total. The van der Waals surface area contributed by atoms with E-state index in [9.17, 15) is 20.1 Å². The van der Waals surface area contributed by atoms with Gasteiger partial charge in [-0.3, -0.25) is 0 Å². The Hall–Kier alpha value is -0.870. The van der Waals surface area contributed by atoms with E-state index < -0.39 is 5.97 Å². The van der Waals surface area contributed by atoms with Crippen LogP contribution in [0.3, 0.4) is 0 Å². The van der Waals surface area contributed by atoms with Crippen molar-refractivity contribution in [3.05, 3.63) is 11.6 Å². The number of carboxylic acid groups (broad SMARTS) is 1. The van der Waals surface area contributed by atoms with Crippen LogP contribution in [0.4, 0.5) is 0 Å². The Morgan fingerprint density at radius 2 is 1.62 bits per heavy atom. The molecule has 0 aromatic rings. The molecule has 4 nitrogen and oxygen atoms in total. The zero-order valence-corrected chi connectivity index (χ0v) is 22.2. The summed E-state index contributed by atoms with van der Waals surface area (Å²) in [5.74, 6) is 1.78. The lowest BCUT2D eigenvalue weighted by atomic mass is 9.41. The van der Waals surface area contributed by atoms with Crippen molar-refractivity contribution in [3.8, 4) is 0 Å². The molecule has 0 radical (unpaired) electrons. The van der Waals surface area contributed by atoms with Crippen LogP contribution in [0, 0.1) is 50.7 Å². The summed E-state index contributed by atoms with van der Waals surface area (Å²) in [6.07, 6.45) is 15.0. The number of rotatable bonds is 6. The van der Waals surface area contributed by atoms with Gasteiger partial charge in [0.2, 0.25) is 0 Å². The summed E-state index contributed by atoms with van der Waals surface area (Å²) in [4.78, 5) is 11.2. The minimum absolute atomic E-state index is 0.0536. The maximum atomic E-state index is 11.2. The molecule has 4 heteroatoms. The summed E-state index contributed by atoms with van der Waals surface area (Å²) < 4.78 is 0. The molecule has 2 unspecified atom stereocenters. The first-order valence-corrected chi connectivity index (χ1v) is 14.1. The molecule has 0 saturated heterocycles. The number of fused-ring (bicyclic) bond motifs is 2. The van der Waals surface area contributed by atoms with Gasteiger partial charge >= 0.3 is 5.97 Å². The van der Waals surface area contributed by atoms with Crippen LogP contribution in [0.1, 0.15) is 105 Å². The summed E-state index contributed by atoms with van der Waals surface area (Å²) >= 11 is 0. The van der Waals surface area contributed by atoms with Crippen LogP contribution in [0.5, 0.6) is 0 Å². The van der Waals surface area contributed by atoms with Crippen molar-refractivity contribution >= 4 is 5.97 Å². The summed E-state index contributed by atoms with van der Waals surface area (Å²) in [7, 11) is 0. The monoisotopic (exact) mass is 472 g/mol. The lowest BCUT2D eigenvalue weighted by molar-refractivity contribution is -0.161. The number of carboxylic acids is 1. The normalized spacial score (nSPS) is 49.9. The van der Waals surface area contributed by atoms with E-state index in [-0.39, 0.29) is 23.7 Å². The van der Waals surface area contributed by atoms with E-state index in [2.05, 4.69) is 34.6 Å². The molecule has 34 heavy (non-hydrogen) atoms. The van der Waals surface area contributed by atoms with Crippen LogP contribution < -0.4 is 0 Å². The van der Waals surface area contributed by atoms with Crippen LogP contribution in [0.2, 0.25) is 0 Å². The van der Waals surface area contributed by atoms with Crippen LogP contribution >= 0.6 is 0 Å². The van der Waals surface area contributed by atoms with E-state index in [0.29, 0.717) is 39.4 Å². The summed E-state index contributed by atoms with van der Waals surface area (Å²) in [5.41, 5.74) is 1.96. The average Bonchev–Trinajstić information content (AvgIpc) is 3.36. The Kier molecular flexibility index (Phi) is 5.70. The molecule has 5 rings (SSSR count). The van der Waals surface area contributed by atoms with Gasteiger partial charge in [-0.05, 0) is 121 Å². The quantitative estimate of drug-likeness (QED) is 0.402. The second-order valence-corrected chi connectivity index (χ2v) is 14.3. The Morgan fingerprint density at radius 3 is 2.29 bits per heavy atom. The van der Waals surface area contributed by atoms with Crippen molar-refractivity contribution in [3.63, 3.8) is 0 Å².